The van der Waals surface area contributed by atoms with E-state index in [9.17, 15) is 0 Å². The Morgan fingerprint density at radius 2 is 1.67 bits per heavy atom. The molecule has 0 fully saturated rings. The van der Waals surface area contributed by atoms with E-state index in [0.717, 1.165) is 47.0 Å². The van der Waals surface area contributed by atoms with Crippen LogP contribution in [-0.4, -0.2) is 29.0 Å². The summed E-state index contributed by atoms with van der Waals surface area (Å²) in [4.78, 5) is 3.99. The van der Waals surface area contributed by atoms with E-state index >= 15 is 0 Å². The van der Waals surface area contributed by atoms with Crippen molar-refractivity contribution in [1.29, 1.82) is 0 Å². The van der Waals surface area contributed by atoms with E-state index < -0.39 is 0 Å². The summed E-state index contributed by atoms with van der Waals surface area (Å²) in [5.74, 6) is 2.00. The van der Waals surface area contributed by atoms with E-state index in [0.29, 0.717) is 5.92 Å². The van der Waals surface area contributed by atoms with Gasteiger partial charge in [-0.2, -0.15) is 5.10 Å². The van der Waals surface area contributed by atoms with Crippen LogP contribution in [0.3, 0.4) is 0 Å². The van der Waals surface area contributed by atoms with Crippen molar-refractivity contribution < 1.29 is 9.47 Å². The zero-order valence-electron chi connectivity index (χ0n) is 19.6. The van der Waals surface area contributed by atoms with Crippen molar-refractivity contribution in [3.8, 4) is 22.6 Å². The van der Waals surface area contributed by atoms with Crippen molar-refractivity contribution in [3.63, 3.8) is 0 Å². The Morgan fingerprint density at radius 3 is 2.33 bits per heavy atom. The summed E-state index contributed by atoms with van der Waals surface area (Å²) >= 11 is 0. The summed E-state index contributed by atoms with van der Waals surface area (Å²) in [6, 6.07) is 21.1. The Kier molecular flexibility index (Phi) is 6.93. The summed E-state index contributed by atoms with van der Waals surface area (Å²) in [5.41, 5.74) is 6.79. The van der Waals surface area contributed by atoms with Gasteiger partial charge in [-0.1, -0.05) is 50.2 Å². The number of hydrogen-bond acceptors (Lipinski definition) is 5. The molecular formula is C27H30N4O2. The van der Waals surface area contributed by atoms with Gasteiger partial charge in [0.2, 0.25) is 0 Å². The molecule has 1 N–H and O–H groups in total. The number of methoxy groups -OCH3 is 2. The predicted molar refractivity (Wildman–Crippen MR) is 132 cm³/mol. The van der Waals surface area contributed by atoms with Crippen LogP contribution in [-0.2, 0) is 13.1 Å². The first-order valence-corrected chi connectivity index (χ1v) is 11.1. The van der Waals surface area contributed by atoms with Gasteiger partial charge in [-0.05, 0) is 46.4 Å². The minimum absolute atomic E-state index is 0.346. The van der Waals surface area contributed by atoms with Crippen LogP contribution < -0.4 is 14.8 Å². The lowest BCUT2D eigenvalue weighted by Crippen LogP contribution is -2.02. The number of nitrogens with zero attached hydrogens (tertiary/aromatic N) is 3. The molecule has 0 aliphatic carbocycles. The second-order valence-corrected chi connectivity index (χ2v) is 8.29. The third-order valence-electron chi connectivity index (χ3n) is 5.68. The van der Waals surface area contributed by atoms with Gasteiger partial charge in [0, 0.05) is 23.9 Å². The van der Waals surface area contributed by atoms with E-state index in [1.165, 1.54) is 11.1 Å². The number of nitrogens with one attached hydrogen (secondary N) is 1. The maximum absolute atomic E-state index is 5.68. The molecule has 4 rings (SSSR count). The third-order valence-corrected chi connectivity index (χ3v) is 5.68. The van der Waals surface area contributed by atoms with Gasteiger partial charge >= 0.3 is 0 Å². The van der Waals surface area contributed by atoms with Gasteiger partial charge in [0.1, 0.15) is 24.2 Å². The van der Waals surface area contributed by atoms with Gasteiger partial charge < -0.3 is 14.8 Å². The van der Waals surface area contributed by atoms with Gasteiger partial charge in [0.05, 0.1) is 20.8 Å². The molecule has 33 heavy (non-hydrogen) atoms. The van der Waals surface area contributed by atoms with Crippen molar-refractivity contribution in [2.75, 3.05) is 19.5 Å². The molecule has 3 aromatic carbocycles. The number of rotatable bonds is 9. The molecule has 0 aliphatic heterocycles. The molecule has 0 atom stereocenters. The van der Waals surface area contributed by atoms with Crippen molar-refractivity contribution >= 4 is 5.69 Å². The number of ether oxygens (including phenoxy) is 2. The lowest BCUT2D eigenvalue weighted by Gasteiger charge is -2.18. The normalized spacial score (nSPS) is 10.9. The van der Waals surface area contributed by atoms with Gasteiger partial charge in [-0.25, -0.2) is 9.67 Å². The van der Waals surface area contributed by atoms with E-state index in [2.05, 4.69) is 83.8 Å². The van der Waals surface area contributed by atoms with Crippen molar-refractivity contribution in [2.45, 2.75) is 32.9 Å². The second kappa shape index (κ2) is 10.2. The summed E-state index contributed by atoms with van der Waals surface area (Å²) in [6.45, 7) is 5.80. The highest BCUT2D eigenvalue weighted by atomic mass is 16.5. The maximum atomic E-state index is 5.68. The quantitative estimate of drug-likeness (QED) is 0.358. The van der Waals surface area contributed by atoms with Crippen molar-refractivity contribution in [1.82, 2.24) is 14.8 Å². The summed E-state index contributed by atoms with van der Waals surface area (Å²) in [5, 5.41) is 7.70. The first-order chi connectivity index (χ1) is 16.1. The highest BCUT2D eigenvalue weighted by Crippen LogP contribution is 2.39. The Morgan fingerprint density at radius 1 is 0.909 bits per heavy atom. The fraction of sp³-hybridized carbons (Fsp3) is 0.259. The second-order valence-electron chi connectivity index (χ2n) is 8.29. The highest BCUT2D eigenvalue weighted by Gasteiger charge is 2.15. The fourth-order valence-corrected chi connectivity index (χ4v) is 3.87. The SMILES string of the molecule is COc1cc(OC)c(C(C)C)cc1-c1cccc(NCc2ccc(Cn3cncn3)cc2)c1. The Hall–Kier alpha value is -3.80. The van der Waals surface area contributed by atoms with Crippen LogP contribution in [0.15, 0.2) is 73.3 Å². The van der Waals surface area contributed by atoms with Crippen LogP contribution in [0.2, 0.25) is 0 Å². The molecule has 0 saturated heterocycles. The highest BCUT2D eigenvalue weighted by molar-refractivity contribution is 5.75. The minimum Gasteiger partial charge on any atom is -0.496 e. The number of hydrogen-bond donors (Lipinski definition) is 1. The molecule has 1 heterocycles. The molecule has 170 valence electrons. The van der Waals surface area contributed by atoms with Crippen LogP contribution in [0.25, 0.3) is 11.1 Å². The summed E-state index contributed by atoms with van der Waals surface area (Å²) in [7, 11) is 3.40. The van der Waals surface area contributed by atoms with E-state index in [4.69, 9.17) is 9.47 Å². The lowest BCUT2D eigenvalue weighted by molar-refractivity contribution is 0.390. The molecule has 4 aromatic rings. The Labute approximate surface area is 195 Å². The smallest absolute Gasteiger partial charge is 0.137 e. The van der Waals surface area contributed by atoms with Gasteiger partial charge in [0.15, 0.2) is 0 Å². The molecule has 6 nitrogen and oxygen atoms in total. The number of benzene rings is 3. The van der Waals surface area contributed by atoms with Crippen LogP contribution in [0.5, 0.6) is 11.5 Å². The third kappa shape index (κ3) is 5.34. The van der Waals surface area contributed by atoms with Gasteiger partial charge in [0.25, 0.3) is 0 Å². The average Bonchev–Trinajstić information content (AvgIpc) is 3.36. The average molecular weight is 443 g/mol. The molecular weight excluding hydrogens is 412 g/mol. The first kappa shape index (κ1) is 22.4. The largest absolute Gasteiger partial charge is 0.496 e. The summed E-state index contributed by atoms with van der Waals surface area (Å²) < 4.78 is 13.1. The Bertz CT molecular complexity index is 1190. The van der Waals surface area contributed by atoms with E-state index in [1.54, 1.807) is 26.9 Å². The molecule has 0 bridgehead atoms. The van der Waals surface area contributed by atoms with Gasteiger partial charge in [-0.15, -0.1) is 0 Å². The summed E-state index contributed by atoms with van der Waals surface area (Å²) in [6.07, 6.45) is 3.28. The van der Waals surface area contributed by atoms with Gasteiger partial charge in [-0.3, -0.25) is 0 Å². The molecule has 0 unspecified atom stereocenters. The van der Waals surface area contributed by atoms with Crippen molar-refractivity contribution in [3.05, 3.63) is 90.0 Å². The predicted octanol–water partition coefficient (Wildman–Crippen LogP) is 5.75. The van der Waals surface area contributed by atoms with Crippen LogP contribution in [0.4, 0.5) is 5.69 Å². The topological polar surface area (TPSA) is 61.2 Å². The van der Waals surface area contributed by atoms with Crippen molar-refractivity contribution in [2.24, 2.45) is 0 Å². The van der Waals surface area contributed by atoms with Crippen LogP contribution >= 0.6 is 0 Å². The number of anilines is 1. The van der Waals surface area contributed by atoms with Crippen LogP contribution in [0.1, 0.15) is 36.5 Å². The lowest BCUT2D eigenvalue weighted by atomic mass is 9.95. The molecule has 0 spiro atoms. The standard InChI is InChI=1S/C27H30N4O2/c1-19(2)24-13-25(27(33-4)14-26(24)32-3)22-6-5-7-23(12-22)29-15-20-8-10-21(11-9-20)16-31-18-28-17-30-31/h5-14,17-19,29H,15-16H2,1-4H3. The molecule has 6 heteroatoms. The molecule has 0 aliphatic rings. The number of aromatic nitrogens is 3. The fourth-order valence-electron chi connectivity index (χ4n) is 3.87. The van der Waals surface area contributed by atoms with Crippen LogP contribution in [0, 0.1) is 0 Å². The molecule has 0 amide bonds. The minimum atomic E-state index is 0.346. The monoisotopic (exact) mass is 442 g/mol. The molecule has 0 radical (unpaired) electrons. The van der Waals surface area contributed by atoms with E-state index in [1.807, 2.05) is 10.7 Å². The maximum Gasteiger partial charge on any atom is 0.137 e. The zero-order chi connectivity index (χ0) is 23.2. The molecule has 0 saturated carbocycles. The Balaban J connectivity index is 1.50. The molecule has 1 aromatic heterocycles. The first-order valence-electron chi connectivity index (χ1n) is 11.1. The zero-order valence-corrected chi connectivity index (χ0v) is 19.6. The van der Waals surface area contributed by atoms with E-state index in [-0.39, 0.29) is 0 Å².